The van der Waals surface area contributed by atoms with Crippen LogP contribution in [0, 0.1) is 0 Å². The van der Waals surface area contributed by atoms with E-state index >= 15 is 0 Å². The highest BCUT2D eigenvalue weighted by atomic mass is 16.5. The molecular weight excluding hydrogens is 248 g/mol. The molecule has 3 heteroatoms. The number of nitrogens with zero attached hydrogens (tertiary/aromatic N) is 1. The van der Waals surface area contributed by atoms with Gasteiger partial charge in [0.25, 0.3) is 0 Å². The Morgan fingerprint density at radius 1 is 1.20 bits per heavy atom. The second-order valence-corrected chi connectivity index (χ2v) is 4.66. The molecule has 0 aliphatic carbocycles. The Labute approximate surface area is 121 Å². The van der Waals surface area contributed by atoms with Crippen LogP contribution in [0.25, 0.3) is 0 Å². The maximum Gasteiger partial charge on any atom is 0.137 e. The highest BCUT2D eigenvalue weighted by molar-refractivity contribution is 5.38. The predicted octanol–water partition coefficient (Wildman–Crippen LogP) is 3.35. The third kappa shape index (κ3) is 3.17. The molecule has 1 unspecified atom stereocenters. The van der Waals surface area contributed by atoms with E-state index < -0.39 is 0 Å². The minimum atomic E-state index is 0.138. The summed E-state index contributed by atoms with van der Waals surface area (Å²) in [5.74, 6) is 0.819. The standard InChI is InChI=1S/C17H22N2O/c1-4-13-8-6-7-9-16(13)17(18-3)14-10-15(20-5-2)12-19-11-14/h6-12,17-18H,4-5H2,1-3H3. The second kappa shape index (κ2) is 7.06. The first-order valence-electron chi connectivity index (χ1n) is 7.13. The number of aromatic nitrogens is 1. The van der Waals surface area contributed by atoms with Crippen molar-refractivity contribution in [2.45, 2.75) is 26.3 Å². The van der Waals surface area contributed by atoms with Crippen LogP contribution in [-0.4, -0.2) is 18.6 Å². The van der Waals surface area contributed by atoms with Crippen molar-refractivity contribution in [2.24, 2.45) is 0 Å². The van der Waals surface area contributed by atoms with Crippen molar-refractivity contribution in [2.75, 3.05) is 13.7 Å². The fraction of sp³-hybridized carbons (Fsp3) is 0.353. The van der Waals surface area contributed by atoms with Gasteiger partial charge in [0.2, 0.25) is 0 Å². The average molecular weight is 270 g/mol. The zero-order valence-electron chi connectivity index (χ0n) is 12.4. The minimum Gasteiger partial charge on any atom is -0.492 e. The van der Waals surface area contributed by atoms with Crippen LogP contribution in [-0.2, 0) is 6.42 Å². The van der Waals surface area contributed by atoms with Crippen LogP contribution in [0.3, 0.4) is 0 Å². The highest BCUT2D eigenvalue weighted by Crippen LogP contribution is 2.26. The summed E-state index contributed by atoms with van der Waals surface area (Å²) in [6.45, 7) is 4.82. The van der Waals surface area contributed by atoms with E-state index in [-0.39, 0.29) is 6.04 Å². The summed E-state index contributed by atoms with van der Waals surface area (Å²) < 4.78 is 5.54. The number of benzene rings is 1. The van der Waals surface area contributed by atoms with E-state index in [0.29, 0.717) is 6.61 Å². The number of rotatable bonds is 6. The van der Waals surface area contributed by atoms with Gasteiger partial charge in [-0.1, -0.05) is 31.2 Å². The van der Waals surface area contributed by atoms with Crippen LogP contribution >= 0.6 is 0 Å². The number of nitrogens with one attached hydrogen (secondary N) is 1. The fourth-order valence-electron chi connectivity index (χ4n) is 2.48. The van der Waals surface area contributed by atoms with Gasteiger partial charge in [-0.25, -0.2) is 0 Å². The largest absolute Gasteiger partial charge is 0.492 e. The van der Waals surface area contributed by atoms with Crippen molar-refractivity contribution < 1.29 is 4.74 Å². The van der Waals surface area contributed by atoms with Gasteiger partial charge in [0, 0.05) is 6.20 Å². The lowest BCUT2D eigenvalue weighted by Crippen LogP contribution is -2.19. The average Bonchev–Trinajstić information content (AvgIpc) is 2.49. The van der Waals surface area contributed by atoms with Gasteiger partial charge in [0.1, 0.15) is 5.75 Å². The van der Waals surface area contributed by atoms with E-state index in [0.717, 1.165) is 17.7 Å². The molecule has 0 spiro atoms. The third-order valence-corrected chi connectivity index (χ3v) is 3.41. The molecule has 0 aliphatic heterocycles. The van der Waals surface area contributed by atoms with Crippen LogP contribution in [0.5, 0.6) is 5.75 Å². The molecule has 2 rings (SSSR count). The van der Waals surface area contributed by atoms with Gasteiger partial charge in [0.05, 0.1) is 18.8 Å². The first-order chi connectivity index (χ1) is 9.80. The normalized spacial score (nSPS) is 12.2. The smallest absolute Gasteiger partial charge is 0.137 e. The maximum absolute atomic E-state index is 5.54. The number of aryl methyl sites for hydroxylation is 1. The molecule has 106 valence electrons. The lowest BCUT2D eigenvalue weighted by Gasteiger charge is -2.20. The molecule has 0 amide bonds. The van der Waals surface area contributed by atoms with Crippen molar-refractivity contribution in [1.29, 1.82) is 0 Å². The number of ether oxygens (including phenoxy) is 1. The molecule has 1 heterocycles. The van der Waals surface area contributed by atoms with Crippen LogP contribution < -0.4 is 10.1 Å². The molecule has 1 aromatic heterocycles. The summed E-state index contributed by atoms with van der Waals surface area (Å²) in [5.41, 5.74) is 3.78. The lowest BCUT2D eigenvalue weighted by atomic mass is 9.94. The fourth-order valence-corrected chi connectivity index (χ4v) is 2.48. The van der Waals surface area contributed by atoms with E-state index in [9.17, 15) is 0 Å². The van der Waals surface area contributed by atoms with E-state index in [1.807, 2.05) is 20.2 Å². The molecule has 1 N–H and O–H groups in total. The summed E-state index contributed by atoms with van der Waals surface area (Å²) in [5, 5.41) is 3.38. The Balaban J connectivity index is 2.39. The third-order valence-electron chi connectivity index (χ3n) is 3.41. The number of hydrogen-bond acceptors (Lipinski definition) is 3. The molecule has 0 bridgehead atoms. The van der Waals surface area contributed by atoms with Gasteiger partial charge in [-0.2, -0.15) is 0 Å². The molecule has 20 heavy (non-hydrogen) atoms. The van der Waals surface area contributed by atoms with Gasteiger partial charge in [-0.05, 0) is 43.1 Å². The second-order valence-electron chi connectivity index (χ2n) is 4.66. The Bertz CT molecular complexity index is 554. The SMILES string of the molecule is CCOc1cncc(C(NC)c2ccccc2CC)c1. The topological polar surface area (TPSA) is 34.1 Å². The van der Waals surface area contributed by atoms with Crippen LogP contribution in [0.4, 0.5) is 0 Å². The molecule has 0 saturated carbocycles. The molecule has 0 fully saturated rings. The Kier molecular flexibility index (Phi) is 5.13. The van der Waals surface area contributed by atoms with Crippen molar-refractivity contribution in [3.63, 3.8) is 0 Å². The summed E-state index contributed by atoms with van der Waals surface area (Å²) in [4.78, 5) is 4.29. The molecule has 1 atom stereocenters. The number of hydrogen-bond donors (Lipinski definition) is 1. The maximum atomic E-state index is 5.54. The van der Waals surface area contributed by atoms with E-state index in [1.165, 1.54) is 11.1 Å². The van der Waals surface area contributed by atoms with Gasteiger partial charge < -0.3 is 10.1 Å². The van der Waals surface area contributed by atoms with E-state index in [2.05, 4.69) is 47.6 Å². The predicted molar refractivity (Wildman–Crippen MR) is 82.1 cm³/mol. The Morgan fingerprint density at radius 3 is 2.70 bits per heavy atom. The van der Waals surface area contributed by atoms with E-state index in [1.54, 1.807) is 6.20 Å². The Hall–Kier alpha value is -1.87. The lowest BCUT2D eigenvalue weighted by molar-refractivity contribution is 0.338. The first kappa shape index (κ1) is 14.5. The first-order valence-corrected chi connectivity index (χ1v) is 7.13. The van der Waals surface area contributed by atoms with Gasteiger partial charge in [0.15, 0.2) is 0 Å². The van der Waals surface area contributed by atoms with Crippen molar-refractivity contribution in [3.8, 4) is 5.75 Å². The van der Waals surface area contributed by atoms with Crippen molar-refractivity contribution >= 4 is 0 Å². The monoisotopic (exact) mass is 270 g/mol. The summed E-state index contributed by atoms with van der Waals surface area (Å²) in [7, 11) is 1.98. The number of pyridine rings is 1. The Morgan fingerprint density at radius 2 is 2.00 bits per heavy atom. The zero-order valence-corrected chi connectivity index (χ0v) is 12.4. The molecule has 0 radical (unpaired) electrons. The summed E-state index contributed by atoms with van der Waals surface area (Å²) in [6.07, 6.45) is 4.68. The van der Waals surface area contributed by atoms with Gasteiger partial charge >= 0.3 is 0 Å². The molecule has 3 nitrogen and oxygen atoms in total. The minimum absolute atomic E-state index is 0.138. The molecule has 0 aliphatic rings. The van der Waals surface area contributed by atoms with Crippen molar-refractivity contribution in [3.05, 3.63) is 59.4 Å². The highest BCUT2D eigenvalue weighted by Gasteiger charge is 2.15. The molecule has 0 saturated heterocycles. The van der Waals surface area contributed by atoms with Crippen molar-refractivity contribution in [1.82, 2.24) is 10.3 Å². The quantitative estimate of drug-likeness (QED) is 0.874. The zero-order chi connectivity index (χ0) is 14.4. The van der Waals surface area contributed by atoms with Crippen LogP contribution in [0.15, 0.2) is 42.7 Å². The van der Waals surface area contributed by atoms with E-state index in [4.69, 9.17) is 4.74 Å². The van der Waals surface area contributed by atoms with Gasteiger partial charge in [-0.3, -0.25) is 4.98 Å². The molecule has 2 aromatic rings. The summed E-state index contributed by atoms with van der Waals surface area (Å²) in [6, 6.07) is 10.7. The molecular formula is C17H22N2O. The summed E-state index contributed by atoms with van der Waals surface area (Å²) >= 11 is 0. The van der Waals surface area contributed by atoms with Crippen LogP contribution in [0.1, 0.15) is 36.6 Å². The van der Waals surface area contributed by atoms with Gasteiger partial charge in [-0.15, -0.1) is 0 Å². The molecule has 1 aromatic carbocycles. The van der Waals surface area contributed by atoms with Crippen LogP contribution in [0.2, 0.25) is 0 Å².